The molecule has 0 amide bonds. The minimum atomic E-state index is -0.298. The fourth-order valence-electron chi connectivity index (χ4n) is 1.74. The molecule has 0 fully saturated rings. The van der Waals surface area contributed by atoms with Crippen LogP contribution in [0.3, 0.4) is 0 Å². The van der Waals surface area contributed by atoms with Crippen LogP contribution in [0.5, 0.6) is 0 Å². The van der Waals surface area contributed by atoms with Gasteiger partial charge < -0.3 is 9.88 Å². The van der Waals surface area contributed by atoms with Crippen LogP contribution in [-0.4, -0.2) is 40.9 Å². The Bertz CT molecular complexity index is 754. The molecule has 0 unspecified atom stereocenters. The molecule has 2 N–H and O–H groups in total. The molecule has 0 aromatic carbocycles. The van der Waals surface area contributed by atoms with Gasteiger partial charge in [0.15, 0.2) is 5.65 Å². The Balaban J connectivity index is 1.68. The van der Waals surface area contributed by atoms with Crippen molar-refractivity contribution in [1.29, 1.82) is 0 Å². The number of fused-ring (bicyclic) bond motifs is 1. The number of nitrogens with one attached hydrogen (secondary N) is 2. The third-order valence-electron chi connectivity index (χ3n) is 2.77. The van der Waals surface area contributed by atoms with E-state index in [0.29, 0.717) is 18.0 Å². The van der Waals surface area contributed by atoms with Gasteiger partial charge in [-0.3, -0.25) is 0 Å². The Morgan fingerprint density at radius 1 is 1.42 bits per heavy atom. The molecule has 0 bridgehead atoms. The van der Waals surface area contributed by atoms with Gasteiger partial charge in [-0.25, -0.2) is 19.3 Å². The van der Waals surface area contributed by atoms with Crippen molar-refractivity contribution < 1.29 is 0 Å². The second kappa shape index (κ2) is 4.52. The van der Waals surface area contributed by atoms with Gasteiger partial charge in [-0.2, -0.15) is 5.10 Å². The van der Waals surface area contributed by atoms with Crippen LogP contribution < -0.4 is 11.0 Å². The lowest BCUT2D eigenvalue weighted by Crippen LogP contribution is -2.12. The highest BCUT2D eigenvalue weighted by atomic mass is 16.1. The van der Waals surface area contributed by atoms with Gasteiger partial charge in [-0.1, -0.05) is 0 Å². The fraction of sp³-hybridized carbons (Fsp3) is 0.300. The molecule has 0 radical (unpaired) electrons. The molecule has 9 nitrogen and oxygen atoms in total. The predicted molar refractivity (Wildman–Crippen MR) is 66.8 cm³/mol. The molecule has 98 valence electrons. The summed E-state index contributed by atoms with van der Waals surface area (Å²) in [4.78, 5) is 15.4. The lowest BCUT2D eigenvalue weighted by atomic mass is 10.4. The van der Waals surface area contributed by atoms with Crippen molar-refractivity contribution in [2.75, 3.05) is 11.9 Å². The SMILES string of the molecule is Cn1cnnc1CCNc1cc2n[nH]c(=O)n2cn1. The summed E-state index contributed by atoms with van der Waals surface area (Å²) >= 11 is 0. The van der Waals surface area contributed by atoms with Gasteiger partial charge in [-0.15, -0.1) is 10.2 Å². The van der Waals surface area contributed by atoms with Crippen LogP contribution in [0.15, 0.2) is 23.5 Å². The lowest BCUT2D eigenvalue weighted by Gasteiger charge is -2.04. The van der Waals surface area contributed by atoms with Crippen LogP contribution >= 0.6 is 0 Å². The Morgan fingerprint density at radius 3 is 3.11 bits per heavy atom. The van der Waals surface area contributed by atoms with Crippen molar-refractivity contribution >= 4 is 11.5 Å². The van der Waals surface area contributed by atoms with Gasteiger partial charge in [0.1, 0.15) is 24.3 Å². The lowest BCUT2D eigenvalue weighted by molar-refractivity contribution is 0.787. The molecule has 0 atom stereocenters. The summed E-state index contributed by atoms with van der Waals surface area (Å²) in [6, 6.07) is 1.70. The monoisotopic (exact) mass is 260 g/mol. The Labute approximate surface area is 107 Å². The predicted octanol–water partition coefficient (Wildman–Crippen LogP) is -0.799. The third-order valence-corrected chi connectivity index (χ3v) is 2.77. The van der Waals surface area contributed by atoms with E-state index in [1.165, 1.54) is 10.7 Å². The number of rotatable bonds is 4. The Hall–Kier alpha value is -2.71. The summed E-state index contributed by atoms with van der Waals surface area (Å²) in [7, 11) is 1.90. The zero-order valence-corrected chi connectivity index (χ0v) is 10.2. The second-order valence-corrected chi connectivity index (χ2v) is 4.07. The molecule has 0 aliphatic heterocycles. The molecule has 0 spiro atoms. The first-order valence-corrected chi connectivity index (χ1v) is 5.73. The standard InChI is InChI=1S/C10H12N8O/c1-17-6-13-14-8(17)2-3-11-7-4-9-15-16-10(19)18(9)5-12-7/h4-6,11H,2-3H2,1H3,(H,16,19). The van der Waals surface area contributed by atoms with Crippen LogP contribution in [0.25, 0.3) is 5.65 Å². The molecule has 0 saturated heterocycles. The van der Waals surface area contributed by atoms with Crippen LogP contribution in [-0.2, 0) is 13.5 Å². The third kappa shape index (κ3) is 2.17. The number of H-pyrrole nitrogens is 1. The number of anilines is 1. The average Bonchev–Trinajstić information content (AvgIpc) is 2.97. The molecule has 0 aliphatic carbocycles. The number of aryl methyl sites for hydroxylation is 1. The van der Waals surface area contributed by atoms with Crippen molar-refractivity contribution in [3.63, 3.8) is 0 Å². The van der Waals surface area contributed by atoms with Crippen molar-refractivity contribution in [3.8, 4) is 0 Å². The largest absolute Gasteiger partial charge is 0.369 e. The highest BCUT2D eigenvalue weighted by Gasteiger charge is 2.03. The molecular formula is C10H12N8O. The molecule has 9 heteroatoms. The topological polar surface area (TPSA) is 106 Å². The highest BCUT2D eigenvalue weighted by Crippen LogP contribution is 2.04. The normalized spacial score (nSPS) is 11.0. The quantitative estimate of drug-likeness (QED) is 0.636. The molecule has 19 heavy (non-hydrogen) atoms. The van der Waals surface area contributed by atoms with Crippen LogP contribution in [0.2, 0.25) is 0 Å². The summed E-state index contributed by atoms with van der Waals surface area (Å²) in [5.74, 6) is 1.55. The summed E-state index contributed by atoms with van der Waals surface area (Å²) in [5, 5.41) is 17.2. The molecule has 3 heterocycles. The minimum absolute atomic E-state index is 0.298. The molecule has 3 rings (SSSR count). The first-order valence-electron chi connectivity index (χ1n) is 5.73. The van der Waals surface area contributed by atoms with Gasteiger partial charge in [0.05, 0.1) is 0 Å². The van der Waals surface area contributed by atoms with E-state index in [0.717, 1.165) is 12.2 Å². The maximum atomic E-state index is 11.3. The molecule has 0 saturated carbocycles. The number of aromatic amines is 1. The van der Waals surface area contributed by atoms with Crippen LogP contribution in [0.4, 0.5) is 5.82 Å². The second-order valence-electron chi connectivity index (χ2n) is 4.07. The van der Waals surface area contributed by atoms with Crippen LogP contribution in [0, 0.1) is 0 Å². The smallest absolute Gasteiger partial charge is 0.348 e. The molecular weight excluding hydrogens is 248 g/mol. The maximum Gasteiger partial charge on any atom is 0.348 e. The first-order chi connectivity index (χ1) is 9.24. The zero-order valence-electron chi connectivity index (χ0n) is 10.2. The van der Waals surface area contributed by atoms with Crippen molar-refractivity contribution in [2.24, 2.45) is 7.05 Å². The Morgan fingerprint density at radius 2 is 2.32 bits per heavy atom. The highest BCUT2D eigenvalue weighted by molar-refractivity contribution is 5.48. The summed E-state index contributed by atoms with van der Waals surface area (Å²) < 4.78 is 3.21. The van der Waals surface area contributed by atoms with E-state index in [-0.39, 0.29) is 5.69 Å². The van der Waals surface area contributed by atoms with Gasteiger partial charge in [0.25, 0.3) is 0 Å². The number of hydrogen-bond acceptors (Lipinski definition) is 6. The van der Waals surface area contributed by atoms with E-state index in [1.807, 2.05) is 11.6 Å². The van der Waals surface area contributed by atoms with Crippen molar-refractivity contribution in [2.45, 2.75) is 6.42 Å². The summed E-state index contributed by atoms with van der Waals surface area (Å²) in [6.45, 7) is 0.671. The van der Waals surface area contributed by atoms with Crippen molar-refractivity contribution in [3.05, 3.63) is 35.0 Å². The van der Waals surface area contributed by atoms with E-state index in [1.54, 1.807) is 12.4 Å². The molecule has 3 aromatic rings. The maximum absolute atomic E-state index is 11.3. The van der Waals surface area contributed by atoms with Crippen molar-refractivity contribution in [1.82, 2.24) is 34.3 Å². The van der Waals surface area contributed by atoms with Gasteiger partial charge in [0, 0.05) is 26.1 Å². The number of hydrogen-bond donors (Lipinski definition) is 2. The number of nitrogens with zero attached hydrogens (tertiary/aromatic N) is 6. The average molecular weight is 260 g/mol. The Kier molecular flexibility index (Phi) is 2.71. The molecule has 3 aromatic heterocycles. The van der Waals surface area contributed by atoms with E-state index >= 15 is 0 Å². The van der Waals surface area contributed by atoms with Gasteiger partial charge in [-0.05, 0) is 0 Å². The molecule has 0 aliphatic rings. The summed E-state index contributed by atoms with van der Waals surface area (Å²) in [6.07, 6.45) is 3.83. The van der Waals surface area contributed by atoms with E-state index in [4.69, 9.17) is 0 Å². The summed E-state index contributed by atoms with van der Waals surface area (Å²) in [5.41, 5.74) is 0.231. The van der Waals surface area contributed by atoms with E-state index in [2.05, 4.69) is 30.7 Å². The minimum Gasteiger partial charge on any atom is -0.369 e. The van der Waals surface area contributed by atoms with E-state index < -0.39 is 0 Å². The van der Waals surface area contributed by atoms with Crippen LogP contribution in [0.1, 0.15) is 5.82 Å². The fourth-order valence-corrected chi connectivity index (χ4v) is 1.74. The number of aromatic nitrogens is 7. The zero-order chi connectivity index (χ0) is 13.2. The first kappa shape index (κ1) is 11.4. The van der Waals surface area contributed by atoms with E-state index in [9.17, 15) is 4.79 Å². The van der Waals surface area contributed by atoms with Gasteiger partial charge >= 0.3 is 5.69 Å². The van der Waals surface area contributed by atoms with Gasteiger partial charge in [0.2, 0.25) is 0 Å².